The van der Waals surface area contributed by atoms with Gasteiger partial charge in [-0.15, -0.1) is 0 Å². The maximum atomic E-state index is 6.48. The van der Waals surface area contributed by atoms with Crippen molar-refractivity contribution in [2.45, 2.75) is 26.3 Å². The first-order valence-corrected chi connectivity index (χ1v) is 7.63. The van der Waals surface area contributed by atoms with Crippen LogP contribution in [0.2, 0.25) is 10.0 Å². The minimum Gasteiger partial charge on any atom is -0.306 e. The molecule has 20 heavy (non-hydrogen) atoms. The summed E-state index contributed by atoms with van der Waals surface area (Å²) in [6.45, 7) is 5.13. The number of hydrogen-bond acceptors (Lipinski definition) is 1. The molecule has 1 unspecified atom stereocenters. The lowest BCUT2D eigenvalue weighted by Crippen LogP contribution is -2.23. The molecule has 0 saturated carbocycles. The van der Waals surface area contributed by atoms with E-state index < -0.39 is 0 Å². The molecule has 1 nitrogen and oxygen atoms in total. The Kier molecular flexibility index (Phi) is 5.47. The van der Waals surface area contributed by atoms with Crippen LogP contribution in [0.25, 0.3) is 0 Å². The molecule has 2 rings (SSSR count). The lowest BCUT2D eigenvalue weighted by Gasteiger charge is -2.21. The van der Waals surface area contributed by atoms with Gasteiger partial charge in [0.05, 0.1) is 6.04 Å². The van der Waals surface area contributed by atoms with Crippen LogP contribution in [0, 0.1) is 6.92 Å². The summed E-state index contributed by atoms with van der Waals surface area (Å²) in [7, 11) is 0. The standard InChI is InChI=1S/C17H19Cl2N/c1-3-11-20-17(13-7-9-14(18)10-8-13)15-6-4-5-12(2)16(15)19/h4-10,17,20H,3,11H2,1-2H3. The highest BCUT2D eigenvalue weighted by molar-refractivity contribution is 6.32. The van der Waals surface area contributed by atoms with Gasteiger partial charge in [-0.2, -0.15) is 0 Å². The van der Waals surface area contributed by atoms with Crippen LogP contribution in [0.5, 0.6) is 0 Å². The molecule has 0 aliphatic heterocycles. The van der Waals surface area contributed by atoms with Crippen LogP contribution < -0.4 is 5.32 Å². The van der Waals surface area contributed by atoms with Crippen LogP contribution in [-0.4, -0.2) is 6.54 Å². The maximum absolute atomic E-state index is 6.48. The molecule has 0 fully saturated rings. The summed E-state index contributed by atoms with van der Waals surface area (Å²) in [5.74, 6) is 0. The molecule has 0 radical (unpaired) electrons. The van der Waals surface area contributed by atoms with Crippen molar-refractivity contribution in [3.8, 4) is 0 Å². The predicted molar refractivity (Wildman–Crippen MR) is 87.8 cm³/mol. The Bertz CT molecular complexity index is 564. The van der Waals surface area contributed by atoms with Crippen molar-refractivity contribution in [1.82, 2.24) is 5.32 Å². The minimum absolute atomic E-state index is 0.0969. The van der Waals surface area contributed by atoms with E-state index in [1.54, 1.807) is 0 Å². The number of nitrogens with one attached hydrogen (secondary N) is 1. The van der Waals surface area contributed by atoms with E-state index >= 15 is 0 Å². The number of halogens is 2. The molecule has 0 aromatic heterocycles. The average molecular weight is 308 g/mol. The first kappa shape index (κ1) is 15.4. The van der Waals surface area contributed by atoms with E-state index in [0.29, 0.717) is 0 Å². The number of benzene rings is 2. The average Bonchev–Trinajstić information content (AvgIpc) is 2.45. The quantitative estimate of drug-likeness (QED) is 0.780. The molecule has 1 atom stereocenters. The van der Waals surface area contributed by atoms with E-state index in [2.05, 4.69) is 18.3 Å². The topological polar surface area (TPSA) is 12.0 Å². The van der Waals surface area contributed by atoms with Crippen molar-refractivity contribution >= 4 is 23.2 Å². The van der Waals surface area contributed by atoms with Gasteiger partial charge < -0.3 is 5.32 Å². The van der Waals surface area contributed by atoms with E-state index in [-0.39, 0.29) is 6.04 Å². The third-order valence-corrected chi connectivity index (χ3v) is 4.10. The first-order chi connectivity index (χ1) is 9.63. The predicted octanol–water partition coefficient (Wildman–Crippen LogP) is 5.39. The van der Waals surface area contributed by atoms with Crippen LogP contribution in [0.1, 0.15) is 36.1 Å². The fourth-order valence-corrected chi connectivity index (χ4v) is 2.61. The Labute approximate surface area is 130 Å². The van der Waals surface area contributed by atoms with Crippen LogP contribution in [0.3, 0.4) is 0 Å². The summed E-state index contributed by atoms with van der Waals surface area (Å²) in [4.78, 5) is 0. The summed E-state index contributed by atoms with van der Waals surface area (Å²) >= 11 is 12.5. The zero-order valence-electron chi connectivity index (χ0n) is 11.8. The Hall–Kier alpha value is -1.02. The van der Waals surface area contributed by atoms with Crippen LogP contribution >= 0.6 is 23.2 Å². The number of hydrogen-bond donors (Lipinski definition) is 1. The fraction of sp³-hybridized carbons (Fsp3) is 0.294. The summed E-state index contributed by atoms with van der Waals surface area (Å²) in [6, 6.07) is 14.2. The molecule has 3 heteroatoms. The number of rotatable bonds is 5. The molecule has 0 heterocycles. The van der Waals surface area contributed by atoms with Crippen molar-refractivity contribution in [3.63, 3.8) is 0 Å². The first-order valence-electron chi connectivity index (χ1n) is 6.87. The smallest absolute Gasteiger partial charge is 0.0591 e. The highest BCUT2D eigenvalue weighted by Crippen LogP contribution is 2.31. The summed E-state index contributed by atoms with van der Waals surface area (Å²) in [6.07, 6.45) is 1.08. The molecule has 106 valence electrons. The van der Waals surface area contributed by atoms with E-state index in [1.807, 2.05) is 43.3 Å². The lowest BCUT2D eigenvalue weighted by atomic mass is 9.97. The number of aryl methyl sites for hydroxylation is 1. The molecule has 2 aromatic rings. The zero-order valence-corrected chi connectivity index (χ0v) is 13.3. The lowest BCUT2D eigenvalue weighted by molar-refractivity contribution is 0.598. The molecule has 1 N–H and O–H groups in total. The summed E-state index contributed by atoms with van der Waals surface area (Å²) in [5.41, 5.74) is 3.39. The monoisotopic (exact) mass is 307 g/mol. The zero-order chi connectivity index (χ0) is 14.5. The maximum Gasteiger partial charge on any atom is 0.0591 e. The molecular formula is C17H19Cl2N. The normalized spacial score (nSPS) is 12.4. The Morgan fingerprint density at radius 3 is 2.40 bits per heavy atom. The highest BCUT2D eigenvalue weighted by Gasteiger charge is 2.17. The molecular weight excluding hydrogens is 289 g/mol. The van der Waals surface area contributed by atoms with Gasteiger partial charge in [0.15, 0.2) is 0 Å². The second kappa shape index (κ2) is 7.12. The van der Waals surface area contributed by atoms with E-state index in [9.17, 15) is 0 Å². The summed E-state index contributed by atoms with van der Waals surface area (Å²) < 4.78 is 0. The van der Waals surface area contributed by atoms with Crippen molar-refractivity contribution in [2.24, 2.45) is 0 Å². The van der Waals surface area contributed by atoms with Gasteiger partial charge in [0.25, 0.3) is 0 Å². The second-order valence-corrected chi connectivity index (χ2v) is 5.73. The van der Waals surface area contributed by atoms with E-state index in [4.69, 9.17) is 23.2 Å². The van der Waals surface area contributed by atoms with Crippen LogP contribution in [0.4, 0.5) is 0 Å². The van der Waals surface area contributed by atoms with Crippen molar-refractivity contribution < 1.29 is 0 Å². The largest absolute Gasteiger partial charge is 0.306 e. The third kappa shape index (κ3) is 3.54. The van der Waals surface area contributed by atoms with Gasteiger partial charge in [0, 0.05) is 10.0 Å². The molecule has 2 aromatic carbocycles. The van der Waals surface area contributed by atoms with Gasteiger partial charge >= 0.3 is 0 Å². The Morgan fingerprint density at radius 1 is 1.05 bits per heavy atom. The van der Waals surface area contributed by atoms with Gasteiger partial charge in [-0.3, -0.25) is 0 Å². The van der Waals surface area contributed by atoms with Crippen molar-refractivity contribution in [3.05, 3.63) is 69.2 Å². The molecule has 0 bridgehead atoms. The van der Waals surface area contributed by atoms with Crippen molar-refractivity contribution in [1.29, 1.82) is 0 Å². The Morgan fingerprint density at radius 2 is 1.75 bits per heavy atom. The van der Waals surface area contributed by atoms with Gasteiger partial charge in [0.1, 0.15) is 0 Å². The minimum atomic E-state index is 0.0969. The SMILES string of the molecule is CCCNC(c1ccc(Cl)cc1)c1cccc(C)c1Cl. The van der Waals surface area contributed by atoms with Gasteiger partial charge in [-0.05, 0) is 48.7 Å². The van der Waals surface area contributed by atoms with Gasteiger partial charge in [-0.1, -0.05) is 60.5 Å². The van der Waals surface area contributed by atoms with Gasteiger partial charge in [0.2, 0.25) is 0 Å². The Balaban J connectivity index is 2.41. The van der Waals surface area contributed by atoms with E-state index in [0.717, 1.165) is 34.1 Å². The third-order valence-electron chi connectivity index (χ3n) is 3.33. The second-order valence-electron chi connectivity index (χ2n) is 4.92. The molecule has 0 saturated heterocycles. The molecule has 0 amide bonds. The van der Waals surface area contributed by atoms with Crippen molar-refractivity contribution in [2.75, 3.05) is 6.54 Å². The van der Waals surface area contributed by atoms with Gasteiger partial charge in [-0.25, -0.2) is 0 Å². The fourth-order valence-electron chi connectivity index (χ4n) is 2.24. The molecule has 0 aliphatic carbocycles. The summed E-state index contributed by atoms with van der Waals surface area (Å²) in [5, 5.41) is 5.14. The highest BCUT2D eigenvalue weighted by atomic mass is 35.5. The van der Waals surface area contributed by atoms with Crippen LogP contribution in [-0.2, 0) is 0 Å². The molecule has 0 aliphatic rings. The van der Waals surface area contributed by atoms with E-state index in [1.165, 1.54) is 5.56 Å². The van der Waals surface area contributed by atoms with Crippen LogP contribution in [0.15, 0.2) is 42.5 Å². The molecule has 0 spiro atoms.